The van der Waals surface area contributed by atoms with Gasteiger partial charge in [-0.3, -0.25) is 0 Å². The van der Waals surface area contributed by atoms with Crippen molar-refractivity contribution < 1.29 is 0 Å². The second-order valence-corrected chi connectivity index (χ2v) is 3.91. The molecule has 0 heterocycles. The summed E-state index contributed by atoms with van der Waals surface area (Å²) in [6, 6.07) is 0. The molecule has 0 aromatic carbocycles. The van der Waals surface area contributed by atoms with Gasteiger partial charge in [0.15, 0.2) is 0 Å². The van der Waals surface area contributed by atoms with Gasteiger partial charge in [-0.15, -0.1) is 0 Å². The zero-order chi connectivity index (χ0) is 9.98. The van der Waals surface area contributed by atoms with E-state index < -0.39 is 0 Å². The molecule has 1 unspecified atom stereocenters. The van der Waals surface area contributed by atoms with Crippen molar-refractivity contribution in [2.45, 2.75) is 72.4 Å². The Morgan fingerprint density at radius 3 is 1.67 bits per heavy atom. The van der Waals surface area contributed by atoms with Crippen LogP contribution in [0.2, 0.25) is 11.6 Å². The second-order valence-electron chi connectivity index (χ2n) is 3.91. The molecule has 1 atom stereocenters. The molecule has 0 fully saturated rings. The van der Waals surface area contributed by atoms with Gasteiger partial charge in [0.25, 0.3) is 0 Å². The van der Waals surface area contributed by atoms with Crippen LogP contribution in [0.1, 0.15) is 60.8 Å². The third-order valence-electron chi connectivity index (χ3n) is 1.46. The molecule has 0 nitrogen and oxygen atoms in total. The van der Waals surface area contributed by atoms with Crippen LogP contribution < -0.4 is 0 Å². The van der Waals surface area contributed by atoms with Crippen LogP contribution in [0.3, 0.4) is 0 Å². The monoisotopic (exact) mass is 169 g/mol. The molecule has 0 bridgehead atoms. The molecule has 1 heteroatoms. The minimum atomic E-state index is 0.756. The minimum Gasteiger partial charge on any atom is -0.0742 e. The van der Waals surface area contributed by atoms with Crippen molar-refractivity contribution in [3.05, 3.63) is 0 Å². The topological polar surface area (TPSA) is 0 Å². The molecule has 0 aliphatic carbocycles. The molecule has 0 saturated heterocycles. The van der Waals surface area contributed by atoms with Gasteiger partial charge in [-0.1, -0.05) is 72.4 Å². The van der Waals surface area contributed by atoms with E-state index in [0.29, 0.717) is 0 Å². The summed E-state index contributed by atoms with van der Waals surface area (Å²) in [7, 11) is 2.42. The highest BCUT2D eigenvalue weighted by Crippen LogP contribution is 2.15. The predicted octanol–water partition coefficient (Wildman–Crippen LogP) is 4.54. The van der Waals surface area contributed by atoms with E-state index in [2.05, 4.69) is 48.8 Å². The summed E-state index contributed by atoms with van der Waals surface area (Å²) in [5.74, 6) is 1.57. The molecule has 0 rings (SSSR count). The second kappa shape index (κ2) is 11.1. The molecule has 0 aromatic heterocycles. The molecule has 0 aliphatic heterocycles. The lowest BCUT2D eigenvalue weighted by atomic mass is 9.56. The van der Waals surface area contributed by atoms with E-state index in [9.17, 15) is 0 Å². The van der Waals surface area contributed by atoms with Crippen LogP contribution in [0.5, 0.6) is 0 Å². The van der Waals surface area contributed by atoms with Gasteiger partial charge in [0.1, 0.15) is 7.28 Å². The van der Waals surface area contributed by atoms with Gasteiger partial charge in [-0.25, -0.2) is 0 Å². The van der Waals surface area contributed by atoms with Crippen LogP contribution >= 0.6 is 0 Å². The predicted molar refractivity (Wildman–Crippen MR) is 61.1 cm³/mol. The largest absolute Gasteiger partial charge is 0.116 e. The quantitative estimate of drug-likeness (QED) is 0.542. The molecule has 0 saturated carbocycles. The smallest absolute Gasteiger partial charge is 0.0742 e. The van der Waals surface area contributed by atoms with Crippen molar-refractivity contribution in [1.29, 1.82) is 0 Å². The van der Waals surface area contributed by atoms with Crippen LogP contribution in [0.15, 0.2) is 0 Å². The standard InChI is InChI=1S/C8H18B.C3H8/c1-5-6-8(4)9-7(2)3;1-3-2/h7-8H,5-6H2,1-4H3;3H2,1-2H3. The van der Waals surface area contributed by atoms with Gasteiger partial charge >= 0.3 is 0 Å². The Balaban J connectivity index is 0. The Morgan fingerprint density at radius 1 is 1.00 bits per heavy atom. The molecule has 0 N–H and O–H groups in total. The van der Waals surface area contributed by atoms with Gasteiger partial charge < -0.3 is 0 Å². The Kier molecular flexibility index (Phi) is 13.4. The van der Waals surface area contributed by atoms with Crippen LogP contribution in [0.25, 0.3) is 0 Å². The Labute approximate surface area is 80.4 Å². The highest BCUT2D eigenvalue weighted by atomic mass is 13.9. The molecule has 0 aliphatic rings. The van der Waals surface area contributed by atoms with E-state index in [-0.39, 0.29) is 0 Å². The minimum absolute atomic E-state index is 0.756. The fraction of sp³-hybridized carbons (Fsp3) is 1.00. The summed E-state index contributed by atoms with van der Waals surface area (Å²) >= 11 is 0. The van der Waals surface area contributed by atoms with Crippen molar-refractivity contribution in [2.75, 3.05) is 0 Å². The first-order chi connectivity index (χ1) is 5.58. The third-order valence-corrected chi connectivity index (χ3v) is 1.46. The van der Waals surface area contributed by atoms with E-state index in [4.69, 9.17) is 0 Å². The first kappa shape index (κ1) is 14.6. The van der Waals surface area contributed by atoms with Crippen molar-refractivity contribution >= 4 is 7.28 Å². The Hall–Kier alpha value is 0.0649. The maximum atomic E-state index is 2.42. The highest BCUT2D eigenvalue weighted by molar-refractivity contribution is 6.39. The third kappa shape index (κ3) is 16.6. The van der Waals surface area contributed by atoms with Gasteiger partial charge in [-0.05, 0) is 0 Å². The summed E-state index contributed by atoms with van der Waals surface area (Å²) in [4.78, 5) is 0. The SMILES string of the molecule is CCC.CCCC(C)[B]C(C)C. The van der Waals surface area contributed by atoms with Crippen molar-refractivity contribution in [3.8, 4) is 0 Å². The molecule has 0 spiro atoms. The average Bonchev–Trinajstić information content (AvgIpc) is 1.87. The van der Waals surface area contributed by atoms with Crippen molar-refractivity contribution in [3.63, 3.8) is 0 Å². The van der Waals surface area contributed by atoms with Crippen LogP contribution in [-0.4, -0.2) is 7.28 Å². The molecule has 0 amide bonds. The summed E-state index contributed by atoms with van der Waals surface area (Å²) in [6.07, 6.45) is 3.91. The maximum absolute atomic E-state index is 2.42. The molecule has 12 heavy (non-hydrogen) atoms. The van der Waals surface area contributed by atoms with Gasteiger partial charge in [0.05, 0.1) is 0 Å². The van der Waals surface area contributed by atoms with E-state index in [0.717, 1.165) is 11.6 Å². The van der Waals surface area contributed by atoms with E-state index in [1.807, 2.05) is 0 Å². The first-order valence-corrected chi connectivity index (χ1v) is 5.43. The van der Waals surface area contributed by atoms with Gasteiger partial charge in [0, 0.05) is 0 Å². The first-order valence-electron chi connectivity index (χ1n) is 5.43. The lowest BCUT2D eigenvalue weighted by molar-refractivity contribution is 0.752. The van der Waals surface area contributed by atoms with Crippen LogP contribution in [-0.2, 0) is 0 Å². The summed E-state index contributed by atoms with van der Waals surface area (Å²) in [6.45, 7) is 13.3. The lowest BCUT2D eigenvalue weighted by Crippen LogP contribution is -2.02. The van der Waals surface area contributed by atoms with Crippen LogP contribution in [0, 0.1) is 0 Å². The van der Waals surface area contributed by atoms with Crippen molar-refractivity contribution in [1.82, 2.24) is 0 Å². The normalized spacial score (nSPS) is 11.9. The fourth-order valence-electron chi connectivity index (χ4n) is 1.21. The average molecular weight is 169 g/mol. The Morgan fingerprint density at radius 2 is 1.42 bits per heavy atom. The van der Waals surface area contributed by atoms with E-state index >= 15 is 0 Å². The van der Waals surface area contributed by atoms with E-state index in [1.54, 1.807) is 0 Å². The number of hydrogen-bond acceptors (Lipinski definition) is 0. The zero-order valence-corrected chi connectivity index (χ0v) is 9.85. The summed E-state index contributed by atoms with van der Waals surface area (Å²) in [5, 5.41) is 0. The molecule has 0 aromatic rings. The van der Waals surface area contributed by atoms with Crippen molar-refractivity contribution in [2.24, 2.45) is 0 Å². The molecule has 73 valence electrons. The summed E-state index contributed by atoms with van der Waals surface area (Å²) in [5.41, 5.74) is 0. The van der Waals surface area contributed by atoms with Gasteiger partial charge in [0.2, 0.25) is 0 Å². The molecule has 1 radical (unpaired) electrons. The lowest BCUT2D eigenvalue weighted by Gasteiger charge is -2.09. The van der Waals surface area contributed by atoms with Gasteiger partial charge in [-0.2, -0.15) is 0 Å². The molecular weight excluding hydrogens is 143 g/mol. The zero-order valence-electron chi connectivity index (χ0n) is 9.85. The van der Waals surface area contributed by atoms with Crippen LogP contribution in [0.4, 0.5) is 0 Å². The maximum Gasteiger partial charge on any atom is 0.116 e. The number of rotatable bonds is 4. The molecular formula is C11H26B. The summed E-state index contributed by atoms with van der Waals surface area (Å²) < 4.78 is 0. The highest BCUT2D eigenvalue weighted by Gasteiger charge is 2.04. The fourth-order valence-corrected chi connectivity index (χ4v) is 1.21. The Bertz CT molecular complexity index is 69.4. The van der Waals surface area contributed by atoms with E-state index in [1.165, 1.54) is 19.3 Å². The number of hydrogen-bond donors (Lipinski definition) is 0.